The van der Waals surface area contributed by atoms with Crippen LogP contribution < -0.4 is 20.1 Å². The van der Waals surface area contributed by atoms with Gasteiger partial charge >= 0.3 is 0 Å². The van der Waals surface area contributed by atoms with Gasteiger partial charge in [-0.1, -0.05) is 12.1 Å². The lowest BCUT2D eigenvalue weighted by atomic mass is 10.2. The van der Waals surface area contributed by atoms with Crippen molar-refractivity contribution in [3.8, 4) is 5.75 Å². The summed E-state index contributed by atoms with van der Waals surface area (Å²) in [7, 11) is -2.08. The summed E-state index contributed by atoms with van der Waals surface area (Å²) in [6.07, 6.45) is 1.02. The molecular weight excluding hydrogens is 361 g/mol. The van der Waals surface area contributed by atoms with Gasteiger partial charge in [0.1, 0.15) is 17.6 Å². The van der Waals surface area contributed by atoms with Crippen molar-refractivity contribution < 1.29 is 22.3 Å². The first kappa shape index (κ1) is 19.5. The van der Waals surface area contributed by atoms with E-state index in [1.165, 1.54) is 31.4 Å². The summed E-state index contributed by atoms with van der Waals surface area (Å²) in [4.78, 5) is 12.2. The van der Waals surface area contributed by atoms with Crippen molar-refractivity contribution in [2.45, 2.75) is 13.0 Å². The molecule has 3 N–H and O–H groups in total. The number of halogens is 1. The van der Waals surface area contributed by atoms with Crippen LogP contribution in [0.2, 0.25) is 0 Å². The third-order valence-electron chi connectivity index (χ3n) is 3.40. The number of anilines is 3. The molecule has 0 bridgehead atoms. The molecule has 140 valence electrons. The molecule has 0 aliphatic carbocycles. The van der Waals surface area contributed by atoms with E-state index in [9.17, 15) is 17.6 Å². The number of ether oxygens (including phenoxy) is 1. The number of nitrogens with one attached hydrogen (secondary N) is 3. The first-order valence-corrected chi connectivity index (χ1v) is 9.56. The highest BCUT2D eigenvalue weighted by Crippen LogP contribution is 2.29. The van der Waals surface area contributed by atoms with E-state index in [0.29, 0.717) is 11.4 Å². The second kappa shape index (κ2) is 8.05. The van der Waals surface area contributed by atoms with Gasteiger partial charge in [0.15, 0.2) is 0 Å². The molecule has 0 aliphatic rings. The maximum Gasteiger partial charge on any atom is 0.246 e. The summed E-state index contributed by atoms with van der Waals surface area (Å²) in [5.41, 5.74) is 0.815. The average Bonchev–Trinajstić information content (AvgIpc) is 2.55. The van der Waals surface area contributed by atoms with E-state index in [4.69, 9.17) is 4.74 Å². The van der Waals surface area contributed by atoms with E-state index in [-0.39, 0.29) is 11.4 Å². The molecule has 0 aromatic heterocycles. The van der Waals surface area contributed by atoms with Crippen molar-refractivity contribution in [1.29, 1.82) is 0 Å². The number of para-hydroxylation sites is 1. The fourth-order valence-electron chi connectivity index (χ4n) is 2.20. The van der Waals surface area contributed by atoms with Gasteiger partial charge in [0.05, 0.1) is 24.7 Å². The molecule has 9 heteroatoms. The summed E-state index contributed by atoms with van der Waals surface area (Å²) >= 11 is 0. The molecule has 0 saturated heterocycles. The maximum absolute atomic E-state index is 13.6. The molecule has 0 spiro atoms. The molecule has 1 unspecified atom stereocenters. The molecule has 0 fully saturated rings. The smallest absolute Gasteiger partial charge is 0.246 e. The van der Waals surface area contributed by atoms with Gasteiger partial charge in [-0.2, -0.15) is 0 Å². The van der Waals surface area contributed by atoms with Crippen LogP contribution in [0.25, 0.3) is 0 Å². The molecule has 1 atom stereocenters. The Hall–Kier alpha value is -2.81. The van der Waals surface area contributed by atoms with Gasteiger partial charge < -0.3 is 15.4 Å². The van der Waals surface area contributed by atoms with Gasteiger partial charge in [-0.15, -0.1) is 0 Å². The second-order valence-corrected chi connectivity index (χ2v) is 7.37. The van der Waals surface area contributed by atoms with Crippen LogP contribution in [0.3, 0.4) is 0 Å². The highest BCUT2D eigenvalue weighted by molar-refractivity contribution is 7.92. The zero-order chi connectivity index (χ0) is 19.3. The zero-order valence-corrected chi connectivity index (χ0v) is 15.4. The Morgan fingerprint density at radius 3 is 2.46 bits per heavy atom. The van der Waals surface area contributed by atoms with Gasteiger partial charge in [0, 0.05) is 5.69 Å². The van der Waals surface area contributed by atoms with Crippen LogP contribution in [-0.4, -0.2) is 33.7 Å². The number of benzene rings is 2. The van der Waals surface area contributed by atoms with Crippen molar-refractivity contribution in [2.24, 2.45) is 0 Å². The van der Waals surface area contributed by atoms with E-state index in [1.54, 1.807) is 25.1 Å². The Morgan fingerprint density at radius 1 is 1.15 bits per heavy atom. The van der Waals surface area contributed by atoms with Crippen molar-refractivity contribution >= 4 is 33.0 Å². The van der Waals surface area contributed by atoms with Crippen LogP contribution in [-0.2, 0) is 14.8 Å². The molecular formula is C17H20FN3O4S. The molecule has 2 aromatic carbocycles. The Balaban J connectivity index is 2.13. The fraction of sp³-hybridized carbons (Fsp3) is 0.235. The van der Waals surface area contributed by atoms with Crippen molar-refractivity contribution in [3.05, 3.63) is 48.3 Å². The van der Waals surface area contributed by atoms with Crippen molar-refractivity contribution in [1.82, 2.24) is 0 Å². The number of rotatable bonds is 7. The minimum atomic E-state index is -3.50. The largest absolute Gasteiger partial charge is 0.495 e. The number of hydrogen-bond donors (Lipinski definition) is 3. The highest BCUT2D eigenvalue weighted by atomic mass is 32.2. The number of carbonyl (C=O) groups is 1. The Bertz CT molecular complexity index is 903. The number of carbonyl (C=O) groups excluding carboxylic acids is 1. The molecule has 0 aliphatic heterocycles. The molecule has 1 amide bonds. The Morgan fingerprint density at radius 2 is 1.85 bits per heavy atom. The average molecular weight is 381 g/mol. The highest BCUT2D eigenvalue weighted by Gasteiger charge is 2.16. The lowest BCUT2D eigenvalue weighted by Gasteiger charge is -2.17. The normalized spacial score (nSPS) is 12.2. The third-order valence-corrected chi connectivity index (χ3v) is 3.99. The number of hydrogen-bond acceptors (Lipinski definition) is 5. The Kier molecular flexibility index (Phi) is 6.04. The van der Waals surface area contributed by atoms with Gasteiger partial charge in [0.2, 0.25) is 15.9 Å². The maximum atomic E-state index is 13.6. The third kappa shape index (κ3) is 5.35. The number of methoxy groups -OCH3 is 1. The second-order valence-electron chi connectivity index (χ2n) is 5.62. The Labute approximate surface area is 151 Å². The summed E-state index contributed by atoms with van der Waals surface area (Å²) in [6, 6.07) is 9.86. The fourth-order valence-corrected chi connectivity index (χ4v) is 2.76. The number of amides is 1. The van der Waals surface area contributed by atoms with Gasteiger partial charge in [0.25, 0.3) is 0 Å². The quantitative estimate of drug-likeness (QED) is 0.685. The molecule has 0 radical (unpaired) electrons. The van der Waals surface area contributed by atoms with Gasteiger partial charge in [-0.05, 0) is 37.3 Å². The number of sulfonamides is 1. The summed E-state index contributed by atoms with van der Waals surface area (Å²) < 4.78 is 44.0. The molecule has 0 saturated carbocycles. The van der Waals surface area contributed by atoms with E-state index in [1.807, 2.05) is 0 Å². The van der Waals surface area contributed by atoms with Crippen LogP contribution in [0, 0.1) is 5.82 Å². The van der Waals surface area contributed by atoms with Crippen molar-refractivity contribution in [3.63, 3.8) is 0 Å². The topological polar surface area (TPSA) is 96.5 Å². The molecule has 2 aromatic rings. The standard InChI is InChI=1S/C17H20FN3O4S/c1-11(17(22)20-14-7-5-4-6-13(14)18)19-12-8-9-16(25-2)15(10-12)21-26(3,23)24/h4-11,19,21H,1-3H3,(H,20,22). The predicted octanol–water partition coefficient (Wildman–Crippen LogP) is 2.64. The van der Waals surface area contributed by atoms with Gasteiger partial charge in [-0.25, -0.2) is 12.8 Å². The minimum absolute atomic E-state index is 0.0836. The van der Waals surface area contributed by atoms with E-state index < -0.39 is 27.8 Å². The lowest BCUT2D eigenvalue weighted by molar-refractivity contribution is -0.116. The molecule has 26 heavy (non-hydrogen) atoms. The molecule has 7 nitrogen and oxygen atoms in total. The lowest BCUT2D eigenvalue weighted by Crippen LogP contribution is -2.32. The molecule has 2 rings (SSSR count). The van der Waals surface area contributed by atoms with Crippen molar-refractivity contribution in [2.75, 3.05) is 28.7 Å². The van der Waals surface area contributed by atoms with Crippen LogP contribution in [0.1, 0.15) is 6.92 Å². The summed E-state index contributed by atoms with van der Waals surface area (Å²) in [5.74, 6) is -0.634. The van der Waals surface area contributed by atoms with E-state index >= 15 is 0 Å². The minimum Gasteiger partial charge on any atom is -0.495 e. The molecule has 0 heterocycles. The van der Waals surface area contributed by atoms with Gasteiger partial charge in [-0.3, -0.25) is 9.52 Å². The van der Waals surface area contributed by atoms with Crippen LogP contribution in [0.15, 0.2) is 42.5 Å². The SMILES string of the molecule is COc1ccc(NC(C)C(=O)Nc2ccccc2F)cc1NS(C)(=O)=O. The summed E-state index contributed by atoms with van der Waals surface area (Å²) in [6.45, 7) is 1.60. The first-order chi connectivity index (χ1) is 12.2. The van der Waals surface area contributed by atoms with Crippen LogP contribution in [0.4, 0.5) is 21.5 Å². The first-order valence-electron chi connectivity index (χ1n) is 7.67. The van der Waals surface area contributed by atoms with Crippen LogP contribution >= 0.6 is 0 Å². The van der Waals surface area contributed by atoms with E-state index in [2.05, 4.69) is 15.4 Å². The van der Waals surface area contributed by atoms with Crippen LogP contribution in [0.5, 0.6) is 5.75 Å². The zero-order valence-electron chi connectivity index (χ0n) is 14.5. The monoisotopic (exact) mass is 381 g/mol. The van der Waals surface area contributed by atoms with E-state index in [0.717, 1.165) is 6.26 Å². The predicted molar refractivity (Wildman–Crippen MR) is 99.6 cm³/mol. The summed E-state index contributed by atoms with van der Waals surface area (Å²) in [5, 5.41) is 5.43.